The summed E-state index contributed by atoms with van der Waals surface area (Å²) in [5.41, 5.74) is 0.630. The fourth-order valence-electron chi connectivity index (χ4n) is 2.99. The van der Waals surface area contributed by atoms with E-state index in [2.05, 4.69) is 0 Å². The molecule has 2 aromatic rings. The van der Waals surface area contributed by atoms with Gasteiger partial charge in [0.25, 0.3) is 0 Å². The second-order valence-corrected chi connectivity index (χ2v) is 7.68. The summed E-state index contributed by atoms with van der Waals surface area (Å²) in [6, 6.07) is 5.12. The number of thiazole rings is 1. The third-order valence-electron chi connectivity index (χ3n) is 4.36. The molecular weight excluding hydrogens is 408 g/mol. The molecule has 1 fully saturated rings. The third-order valence-corrected chi connectivity index (χ3v) is 5.56. The Balaban J connectivity index is 1.58. The molecule has 148 valence electrons. The zero-order chi connectivity index (χ0) is 20.3. The number of piperidine rings is 1. The largest absolute Gasteiger partial charge is 0.478 e. The monoisotopic (exact) mass is 424 g/mol. The fourth-order valence-corrected chi connectivity index (χ4v) is 4.02. The van der Waals surface area contributed by atoms with Crippen LogP contribution in [0.15, 0.2) is 35.1 Å². The lowest BCUT2D eigenvalue weighted by molar-refractivity contribution is -0.147. The van der Waals surface area contributed by atoms with E-state index < -0.39 is 11.9 Å². The Hall–Kier alpha value is -2.65. The topological polar surface area (TPSA) is 106 Å². The fraction of sp³-hybridized carbons (Fsp3) is 0.333. The maximum atomic E-state index is 12.6. The van der Waals surface area contributed by atoms with Crippen LogP contribution >= 0.6 is 22.9 Å². The predicted molar refractivity (Wildman–Crippen MR) is 104 cm³/mol. The number of likely N-dealkylation sites (tertiary alicyclic amines) is 1. The van der Waals surface area contributed by atoms with E-state index in [1.807, 2.05) is 0 Å². The maximum absolute atomic E-state index is 12.6. The molecule has 8 nitrogen and oxygen atoms in total. The van der Waals surface area contributed by atoms with E-state index in [9.17, 15) is 19.2 Å². The highest BCUT2D eigenvalue weighted by Crippen LogP contribution is 2.22. The molecule has 3 rings (SSSR count). The maximum Gasteiger partial charge on any atom is 0.331 e. The Morgan fingerprint density at radius 2 is 1.96 bits per heavy atom. The first-order valence-electron chi connectivity index (χ1n) is 8.52. The third kappa shape index (κ3) is 4.79. The molecule has 1 saturated heterocycles. The van der Waals surface area contributed by atoms with E-state index in [0.717, 1.165) is 28.2 Å². The summed E-state index contributed by atoms with van der Waals surface area (Å²) in [6.45, 7) is 0.693. The number of hydrogen-bond donors (Lipinski definition) is 1. The molecule has 0 aliphatic carbocycles. The summed E-state index contributed by atoms with van der Waals surface area (Å²) in [5, 5.41) is 8.99. The van der Waals surface area contributed by atoms with E-state index in [1.165, 1.54) is 4.57 Å². The number of hydrogen-bond acceptors (Lipinski definition) is 6. The Kier molecular flexibility index (Phi) is 6.15. The second kappa shape index (κ2) is 8.57. The molecule has 0 bridgehead atoms. The van der Waals surface area contributed by atoms with Crippen molar-refractivity contribution in [2.45, 2.75) is 25.5 Å². The standard InChI is InChI=1S/C18H17ClN2O6S/c19-11-1-2-14-13(9-11)21(18(26)28-14)10-15(22)20-7-5-12(6-8-20)27-17(25)4-3-16(23)24/h1-4,9,12H,5-8,10H2,(H,23,24). The van der Waals surface area contributed by atoms with Gasteiger partial charge in [-0.25, -0.2) is 9.59 Å². The lowest BCUT2D eigenvalue weighted by Gasteiger charge is -2.31. The minimum Gasteiger partial charge on any atom is -0.478 e. The van der Waals surface area contributed by atoms with Gasteiger partial charge < -0.3 is 14.7 Å². The van der Waals surface area contributed by atoms with Crippen molar-refractivity contribution in [2.75, 3.05) is 13.1 Å². The number of rotatable bonds is 5. The highest BCUT2D eigenvalue weighted by atomic mass is 35.5. The lowest BCUT2D eigenvalue weighted by Crippen LogP contribution is -2.43. The van der Waals surface area contributed by atoms with Crippen LogP contribution in [0.4, 0.5) is 0 Å². The number of aromatic nitrogens is 1. The van der Waals surface area contributed by atoms with Gasteiger partial charge in [0.2, 0.25) is 5.91 Å². The van der Waals surface area contributed by atoms with Gasteiger partial charge in [0, 0.05) is 43.1 Å². The minimum absolute atomic E-state index is 0.0784. The van der Waals surface area contributed by atoms with Gasteiger partial charge in [-0.2, -0.15) is 0 Å². The minimum atomic E-state index is -1.23. The van der Waals surface area contributed by atoms with Gasteiger partial charge in [0.05, 0.1) is 10.2 Å². The number of nitrogens with zero attached hydrogens (tertiary/aromatic N) is 2. The number of esters is 1. The van der Waals surface area contributed by atoms with Gasteiger partial charge in [-0.3, -0.25) is 14.2 Å². The summed E-state index contributed by atoms with van der Waals surface area (Å²) >= 11 is 7.06. The number of halogens is 1. The van der Waals surface area contributed by atoms with Crippen LogP contribution in [0, 0.1) is 0 Å². The van der Waals surface area contributed by atoms with Crippen molar-refractivity contribution in [3.8, 4) is 0 Å². The average molecular weight is 425 g/mol. The van der Waals surface area contributed by atoms with Crippen LogP contribution in [0.5, 0.6) is 0 Å². The number of carbonyl (C=O) groups is 3. The van der Waals surface area contributed by atoms with E-state index >= 15 is 0 Å². The van der Waals surface area contributed by atoms with Crippen molar-refractivity contribution in [3.05, 3.63) is 45.0 Å². The van der Waals surface area contributed by atoms with Crippen molar-refractivity contribution in [2.24, 2.45) is 0 Å². The number of ether oxygens (including phenoxy) is 1. The number of benzene rings is 1. The first kappa shape index (κ1) is 20.1. The van der Waals surface area contributed by atoms with Crippen molar-refractivity contribution in [1.29, 1.82) is 0 Å². The highest BCUT2D eigenvalue weighted by Gasteiger charge is 2.25. The Labute approximate surface area is 168 Å². The predicted octanol–water partition coefficient (Wildman–Crippen LogP) is 1.89. The van der Waals surface area contributed by atoms with Crippen LogP contribution in [-0.2, 0) is 25.7 Å². The van der Waals surface area contributed by atoms with Crippen molar-refractivity contribution >= 4 is 51.0 Å². The molecule has 0 unspecified atom stereocenters. The van der Waals surface area contributed by atoms with Crippen LogP contribution in [0.3, 0.4) is 0 Å². The SMILES string of the molecule is O=C(O)C=CC(=O)OC1CCN(C(=O)Cn2c(=O)sc3ccc(Cl)cc32)CC1. The first-order valence-corrected chi connectivity index (χ1v) is 9.71. The van der Waals surface area contributed by atoms with Crippen molar-refractivity contribution in [3.63, 3.8) is 0 Å². The molecule has 1 aromatic carbocycles. The molecule has 2 heterocycles. The molecule has 0 spiro atoms. The highest BCUT2D eigenvalue weighted by molar-refractivity contribution is 7.16. The Morgan fingerprint density at radius 3 is 2.64 bits per heavy atom. The number of fused-ring (bicyclic) bond motifs is 1. The van der Waals surface area contributed by atoms with E-state index in [-0.39, 0.29) is 23.4 Å². The van der Waals surface area contributed by atoms with Gasteiger partial charge in [-0.05, 0) is 18.2 Å². The van der Waals surface area contributed by atoms with Gasteiger partial charge in [-0.15, -0.1) is 0 Å². The number of carbonyl (C=O) groups excluding carboxylic acids is 2. The smallest absolute Gasteiger partial charge is 0.331 e. The molecule has 1 N–H and O–H groups in total. The number of aliphatic carboxylic acids is 1. The zero-order valence-corrected chi connectivity index (χ0v) is 16.2. The van der Waals surface area contributed by atoms with Crippen LogP contribution in [0.2, 0.25) is 5.02 Å². The summed E-state index contributed by atoms with van der Waals surface area (Å²) in [7, 11) is 0. The van der Waals surface area contributed by atoms with Crippen molar-refractivity contribution in [1.82, 2.24) is 9.47 Å². The normalized spacial score (nSPS) is 15.2. The molecular formula is C18H17ClN2O6S. The van der Waals surface area contributed by atoms with E-state index in [1.54, 1.807) is 23.1 Å². The Bertz CT molecular complexity index is 1000. The van der Waals surface area contributed by atoms with Crippen LogP contribution in [0.1, 0.15) is 12.8 Å². The average Bonchev–Trinajstić information content (AvgIpc) is 2.95. The second-order valence-electron chi connectivity index (χ2n) is 6.25. The summed E-state index contributed by atoms with van der Waals surface area (Å²) in [6.07, 6.45) is 2.10. The molecule has 1 aromatic heterocycles. The summed E-state index contributed by atoms with van der Waals surface area (Å²) in [4.78, 5) is 48.2. The summed E-state index contributed by atoms with van der Waals surface area (Å²) in [5.74, 6) is -2.15. The molecule has 1 aliphatic heterocycles. The van der Waals surface area contributed by atoms with Crippen molar-refractivity contribution < 1.29 is 24.2 Å². The number of carboxylic acid groups (broad SMARTS) is 1. The quantitative estimate of drug-likeness (QED) is 0.580. The molecule has 1 amide bonds. The first-order chi connectivity index (χ1) is 13.3. The Morgan fingerprint density at radius 1 is 1.25 bits per heavy atom. The van der Waals surface area contributed by atoms with Gasteiger partial charge >= 0.3 is 16.8 Å². The molecule has 10 heteroatoms. The number of amides is 1. The molecule has 0 saturated carbocycles. The molecule has 0 atom stereocenters. The zero-order valence-electron chi connectivity index (χ0n) is 14.7. The molecule has 28 heavy (non-hydrogen) atoms. The summed E-state index contributed by atoms with van der Waals surface area (Å²) < 4.78 is 7.35. The number of carboxylic acids is 1. The molecule has 1 aliphatic rings. The van der Waals surface area contributed by atoms with Crippen LogP contribution in [0.25, 0.3) is 10.2 Å². The molecule has 0 radical (unpaired) electrons. The van der Waals surface area contributed by atoms with E-state index in [4.69, 9.17) is 21.4 Å². The van der Waals surface area contributed by atoms with Crippen LogP contribution < -0.4 is 4.87 Å². The van der Waals surface area contributed by atoms with Gasteiger partial charge in [-0.1, -0.05) is 22.9 Å². The van der Waals surface area contributed by atoms with Gasteiger partial charge in [0.1, 0.15) is 12.6 Å². The van der Waals surface area contributed by atoms with E-state index in [0.29, 0.717) is 36.5 Å². The lowest BCUT2D eigenvalue weighted by atomic mass is 10.1. The van der Waals surface area contributed by atoms with Gasteiger partial charge in [0.15, 0.2) is 0 Å². The van der Waals surface area contributed by atoms with Crippen LogP contribution in [-0.4, -0.2) is 51.6 Å².